The van der Waals surface area contributed by atoms with E-state index in [0.717, 1.165) is 0 Å². The number of phenols is 2. The highest BCUT2D eigenvalue weighted by molar-refractivity contribution is 9.10. The summed E-state index contributed by atoms with van der Waals surface area (Å²) < 4.78 is 17.5. The van der Waals surface area contributed by atoms with Gasteiger partial charge in [0.2, 0.25) is 0 Å². The third-order valence-corrected chi connectivity index (χ3v) is 2.80. The highest BCUT2D eigenvalue weighted by Crippen LogP contribution is 2.40. The van der Waals surface area contributed by atoms with Crippen molar-refractivity contribution in [3.63, 3.8) is 0 Å². The number of carbonyl (C=O) groups is 1. The normalized spacial score (nSPS) is 12.2. The molecule has 1 unspecified atom stereocenters. The van der Waals surface area contributed by atoms with Crippen LogP contribution in [0, 0.1) is 5.82 Å². The van der Waals surface area contributed by atoms with Gasteiger partial charge in [0.15, 0.2) is 17.6 Å². The van der Waals surface area contributed by atoms with Crippen molar-refractivity contribution < 1.29 is 29.2 Å². The molecule has 94 valence electrons. The molecule has 1 aromatic carbocycles. The van der Waals surface area contributed by atoms with Crippen molar-refractivity contribution in [3.05, 3.63) is 21.9 Å². The zero-order valence-corrected chi connectivity index (χ0v) is 10.4. The summed E-state index contributed by atoms with van der Waals surface area (Å²) in [6.45, 7) is 1.55. The number of halogens is 2. The van der Waals surface area contributed by atoms with Crippen LogP contribution in [-0.4, -0.2) is 27.9 Å². The van der Waals surface area contributed by atoms with Crippen LogP contribution in [0.3, 0.4) is 0 Å². The molecule has 1 atom stereocenters. The maximum Gasteiger partial charge on any atom is 0.339 e. The fraction of sp³-hybridized carbons (Fsp3) is 0.300. The Morgan fingerprint density at radius 1 is 1.59 bits per heavy atom. The molecule has 7 heteroatoms. The van der Waals surface area contributed by atoms with Gasteiger partial charge in [-0.25, -0.2) is 9.18 Å². The van der Waals surface area contributed by atoms with Gasteiger partial charge in [0.25, 0.3) is 0 Å². The largest absolute Gasteiger partial charge is 0.504 e. The first kappa shape index (κ1) is 13.7. The first-order valence-electron chi connectivity index (χ1n) is 4.64. The monoisotopic (exact) mass is 308 g/mol. The Morgan fingerprint density at radius 2 is 2.18 bits per heavy atom. The minimum Gasteiger partial charge on any atom is -0.504 e. The summed E-state index contributed by atoms with van der Waals surface area (Å²) in [5, 5.41) is 28.3. The van der Waals surface area contributed by atoms with Crippen LogP contribution in [0.2, 0.25) is 0 Å². The van der Waals surface area contributed by atoms with E-state index in [-0.39, 0.29) is 11.1 Å². The molecule has 0 aliphatic rings. The number of hydrogen-bond acceptors (Lipinski definition) is 5. The van der Waals surface area contributed by atoms with E-state index in [0.29, 0.717) is 6.07 Å². The lowest BCUT2D eigenvalue weighted by atomic mass is 10.1. The zero-order chi connectivity index (χ0) is 13.2. The van der Waals surface area contributed by atoms with E-state index in [1.807, 2.05) is 0 Å². The lowest BCUT2D eigenvalue weighted by Gasteiger charge is -2.14. The molecule has 0 fully saturated rings. The van der Waals surface area contributed by atoms with Crippen molar-refractivity contribution >= 4 is 21.9 Å². The molecule has 0 heterocycles. The third-order valence-electron chi connectivity index (χ3n) is 1.99. The molecular weight excluding hydrogens is 299 g/mol. The van der Waals surface area contributed by atoms with E-state index in [2.05, 4.69) is 20.7 Å². The number of hydrogen-bond donors (Lipinski definition) is 3. The topological polar surface area (TPSA) is 87.0 Å². The molecule has 0 bridgehead atoms. The molecule has 0 aliphatic heterocycles. The number of rotatable bonds is 3. The quantitative estimate of drug-likeness (QED) is 0.583. The highest BCUT2D eigenvalue weighted by Gasteiger charge is 2.28. The van der Waals surface area contributed by atoms with Gasteiger partial charge in [0.1, 0.15) is 5.82 Å². The average Bonchev–Trinajstić information content (AvgIpc) is 2.27. The van der Waals surface area contributed by atoms with Gasteiger partial charge in [-0.15, -0.1) is 0 Å². The summed E-state index contributed by atoms with van der Waals surface area (Å²) in [5.41, 5.74) is -0.471. The average molecular weight is 309 g/mol. The summed E-state index contributed by atoms with van der Waals surface area (Å²) >= 11 is 2.77. The first-order chi connectivity index (χ1) is 7.90. The maximum absolute atomic E-state index is 13.2. The molecule has 0 radical (unpaired) electrons. The standard InChI is InChI=1S/C10H10BrFO5/c1-2-17-10(16)9(15)6-7(11)4(12)3-5(13)8(6)14/h3,9,13-15H,2H2,1H3. The van der Waals surface area contributed by atoms with Gasteiger partial charge in [-0.3, -0.25) is 0 Å². The van der Waals surface area contributed by atoms with Crippen LogP contribution in [0.5, 0.6) is 11.5 Å². The van der Waals surface area contributed by atoms with Crippen LogP contribution < -0.4 is 0 Å². The van der Waals surface area contributed by atoms with Gasteiger partial charge in [-0.05, 0) is 22.9 Å². The second kappa shape index (κ2) is 5.33. The molecule has 17 heavy (non-hydrogen) atoms. The van der Waals surface area contributed by atoms with Crippen LogP contribution >= 0.6 is 15.9 Å². The number of ether oxygens (including phenoxy) is 1. The Bertz CT molecular complexity index is 423. The Hall–Kier alpha value is -1.34. The number of benzene rings is 1. The molecule has 0 aliphatic carbocycles. The van der Waals surface area contributed by atoms with Gasteiger partial charge >= 0.3 is 5.97 Å². The number of aliphatic hydroxyl groups is 1. The van der Waals surface area contributed by atoms with Gasteiger partial charge in [0, 0.05) is 6.07 Å². The highest BCUT2D eigenvalue weighted by atomic mass is 79.9. The lowest BCUT2D eigenvalue weighted by Crippen LogP contribution is -2.16. The second-order valence-corrected chi connectivity index (χ2v) is 3.90. The second-order valence-electron chi connectivity index (χ2n) is 3.11. The predicted molar refractivity (Wildman–Crippen MR) is 59.0 cm³/mol. The number of carbonyl (C=O) groups excluding carboxylic acids is 1. The minimum atomic E-state index is -1.88. The molecule has 3 N–H and O–H groups in total. The Kier molecular flexibility index (Phi) is 4.30. The lowest BCUT2D eigenvalue weighted by molar-refractivity contribution is -0.153. The van der Waals surface area contributed by atoms with E-state index < -0.39 is 35.0 Å². The van der Waals surface area contributed by atoms with Crippen molar-refractivity contribution in [3.8, 4) is 11.5 Å². The number of aromatic hydroxyl groups is 2. The Balaban J connectivity index is 3.25. The molecule has 1 rings (SSSR count). The number of aliphatic hydroxyl groups excluding tert-OH is 1. The van der Waals surface area contributed by atoms with E-state index in [4.69, 9.17) is 0 Å². The van der Waals surface area contributed by atoms with E-state index in [1.165, 1.54) is 6.92 Å². The first-order valence-corrected chi connectivity index (χ1v) is 5.44. The van der Waals surface area contributed by atoms with Crippen LogP contribution in [0.4, 0.5) is 4.39 Å². The fourth-order valence-electron chi connectivity index (χ4n) is 1.21. The Labute approximate surface area is 105 Å². The molecule has 5 nitrogen and oxygen atoms in total. The van der Waals surface area contributed by atoms with Gasteiger partial charge < -0.3 is 20.1 Å². The molecular formula is C10H10BrFO5. The van der Waals surface area contributed by atoms with E-state index >= 15 is 0 Å². The zero-order valence-electron chi connectivity index (χ0n) is 8.78. The van der Waals surface area contributed by atoms with Crippen LogP contribution in [-0.2, 0) is 9.53 Å². The summed E-state index contributed by atoms with van der Waals surface area (Å²) in [4.78, 5) is 11.3. The molecule has 0 aromatic heterocycles. The van der Waals surface area contributed by atoms with Gasteiger partial charge in [-0.2, -0.15) is 0 Å². The predicted octanol–water partition coefficient (Wildman–Crippen LogP) is 1.60. The molecule has 0 saturated carbocycles. The van der Waals surface area contributed by atoms with E-state index in [9.17, 15) is 24.5 Å². The molecule has 0 spiro atoms. The van der Waals surface area contributed by atoms with Gasteiger partial charge in [-0.1, -0.05) is 0 Å². The smallest absolute Gasteiger partial charge is 0.339 e. The summed E-state index contributed by atoms with van der Waals surface area (Å²) in [6.07, 6.45) is -1.88. The summed E-state index contributed by atoms with van der Waals surface area (Å²) in [6, 6.07) is 0.654. The summed E-state index contributed by atoms with van der Waals surface area (Å²) in [5.74, 6) is -3.52. The Morgan fingerprint density at radius 3 is 2.71 bits per heavy atom. The van der Waals surface area contributed by atoms with Crippen LogP contribution in [0.1, 0.15) is 18.6 Å². The third kappa shape index (κ3) is 2.67. The van der Waals surface area contributed by atoms with Crippen LogP contribution in [0.15, 0.2) is 10.5 Å². The van der Waals surface area contributed by atoms with Crippen molar-refractivity contribution in [2.45, 2.75) is 13.0 Å². The molecule has 1 aromatic rings. The van der Waals surface area contributed by atoms with Crippen molar-refractivity contribution in [2.75, 3.05) is 6.61 Å². The van der Waals surface area contributed by atoms with Crippen molar-refractivity contribution in [1.82, 2.24) is 0 Å². The summed E-state index contributed by atoms with van der Waals surface area (Å²) in [7, 11) is 0. The molecule has 0 saturated heterocycles. The SMILES string of the molecule is CCOC(=O)C(O)c1c(O)c(O)cc(F)c1Br. The van der Waals surface area contributed by atoms with Gasteiger partial charge in [0.05, 0.1) is 16.6 Å². The number of esters is 1. The molecule has 0 amide bonds. The number of phenolic OH excluding ortho intramolecular Hbond substituents is 2. The fourth-order valence-corrected chi connectivity index (χ4v) is 1.73. The van der Waals surface area contributed by atoms with Crippen molar-refractivity contribution in [2.24, 2.45) is 0 Å². The minimum absolute atomic E-state index is 0.0234. The van der Waals surface area contributed by atoms with Crippen molar-refractivity contribution in [1.29, 1.82) is 0 Å². The van der Waals surface area contributed by atoms with Crippen LogP contribution in [0.25, 0.3) is 0 Å². The maximum atomic E-state index is 13.2. The van der Waals surface area contributed by atoms with E-state index in [1.54, 1.807) is 0 Å².